The predicted molar refractivity (Wildman–Crippen MR) is 94.8 cm³/mol. The largest absolute Gasteiger partial charge is 0.497 e. The Morgan fingerprint density at radius 1 is 1.20 bits per heavy atom. The minimum Gasteiger partial charge on any atom is -0.497 e. The van der Waals surface area contributed by atoms with E-state index in [2.05, 4.69) is 15.3 Å². The molecular formula is C18H16ClN3O3. The SMILES string of the molecule is COc1ccc(CC(=O)Nc2cc(Cl)nc(-c3ccc(C)o3)n2)cc1. The number of anilines is 1. The quantitative estimate of drug-likeness (QED) is 0.701. The standard InChI is InChI=1S/C18H16ClN3O3/c1-11-3-8-14(25-11)18-20-15(19)10-16(22-18)21-17(23)9-12-4-6-13(24-2)7-5-12/h3-8,10H,9H2,1-2H3,(H,20,21,22,23). The molecule has 1 N–H and O–H groups in total. The van der Waals surface area contributed by atoms with E-state index in [9.17, 15) is 4.79 Å². The number of aromatic nitrogens is 2. The number of nitrogens with zero attached hydrogens (tertiary/aromatic N) is 2. The molecule has 2 aromatic heterocycles. The summed E-state index contributed by atoms with van der Waals surface area (Å²) in [7, 11) is 1.60. The maximum Gasteiger partial charge on any atom is 0.229 e. The van der Waals surface area contributed by atoms with Crippen molar-refractivity contribution < 1.29 is 13.9 Å². The van der Waals surface area contributed by atoms with Crippen LogP contribution < -0.4 is 10.1 Å². The average molecular weight is 358 g/mol. The summed E-state index contributed by atoms with van der Waals surface area (Å²) in [5.74, 6) is 2.41. The zero-order chi connectivity index (χ0) is 17.8. The fourth-order valence-corrected chi connectivity index (χ4v) is 2.45. The second-order valence-corrected chi connectivity index (χ2v) is 5.77. The van der Waals surface area contributed by atoms with E-state index in [1.165, 1.54) is 6.07 Å². The van der Waals surface area contributed by atoms with Gasteiger partial charge in [0.2, 0.25) is 5.91 Å². The van der Waals surface area contributed by atoms with Crippen molar-refractivity contribution in [2.45, 2.75) is 13.3 Å². The molecule has 7 heteroatoms. The minimum atomic E-state index is -0.207. The summed E-state index contributed by atoms with van der Waals surface area (Å²) in [5, 5.41) is 2.95. The van der Waals surface area contributed by atoms with Crippen molar-refractivity contribution in [1.82, 2.24) is 9.97 Å². The highest BCUT2D eigenvalue weighted by Gasteiger charge is 2.12. The number of benzene rings is 1. The lowest BCUT2D eigenvalue weighted by atomic mass is 10.1. The van der Waals surface area contributed by atoms with E-state index in [1.807, 2.05) is 37.3 Å². The number of nitrogens with one attached hydrogen (secondary N) is 1. The van der Waals surface area contributed by atoms with Crippen LogP contribution >= 0.6 is 11.6 Å². The molecule has 0 bridgehead atoms. The Balaban J connectivity index is 1.73. The van der Waals surface area contributed by atoms with Gasteiger partial charge in [0.05, 0.1) is 13.5 Å². The average Bonchev–Trinajstić information content (AvgIpc) is 3.01. The van der Waals surface area contributed by atoms with Gasteiger partial charge in [0.25, 0.3) is 0 Å². The van der Waals surface area contributed by atoms with E-state index in [1.54, 1.807) is 13.2 Å². The maximum absolute atomic E-state index is 12.2. The van der Waals surface area contributed by atoms with Crippen molar-refractivity contribution in [1.29, 1.82) is 0 Å². The third kappa shape index (κ3) is 4.36. The van der Waals surface area contributed by atoms with Crippen molar-refractivity contribution in [3.8, 4) is 17.3 Å². The van der Waals surface area contributed by atoms with Gasteiger partial charge in [-0.25, -0.2) is 9.97 Å². The van der Waals surface area contributed by atoms with Gasteiger partial charge in [-0.15, -0.1) is 0 Å². The topological polar surface area (TPSA) is 77.2 Å². The zero-order valence-corrected chi connectivity index (χ0v) is 14.5. The molecule has 3 aromatic rings. The molecule has 0 saturated carbocycles. The van der Waals surface area contributed by atoms with Crippen molar-refractivity contribution in [3.63, 3.8) is 0 Å². The highest BCUT2D eigenvalue weighted by atomic mass is 35.5. The van der Waals surface area contributed by atoms with E-state index in [0.29, 0.717) is 17.4 Å². The lowest BCUT2D eigenvalue weighted by Crippen LogP contribution is -2.15. The fourth-order valence-electron chi connectivity index (χ4n) is 2.26. The van der Waals surface area contributed by atoms with Crippen LogP contribution in [0, 0.1) is 6.92 Å². The van der Waals surface area contributed by atoms with Crippen LogP contribution in [0.15, 0.2) is 46.9 Å². The molecule has 0 spiro atoms. The van der Waals surface area contributed by atoms with Crippen LogP contribution in [0.1, 0.15) is 11.3 Å². The highest BCUT2D eigenvalue weighted by Crippen LogP contribution is 2.22. The first kappa shape index (κ1) is 17.0. The Labute approximate surface area is 149 Å². The number of aryl methyl sites for hydroxylation is 1. The summed E-state index contributed by atoms with van der Waals surface area (Å²) >= 11 is 6.03. The van der Waals surface area contributed by atoms with Crippen LogP contribution in [0.2, 0.25) is 5.15 Å². The van der Waals surface area contributed by atoms with Crippen molar-refractivity contribution >= 4 is 23.3 Å². The third-order valence-corrected chi connectivity index (χ3v) is 3.64. The van der Waals surface area contributed by atoms with Crippen LogP contribution in [0.5, 0.6) is 5.75 Å². The molecule has 25 heavy (non-hydrogen) atoms. The number of halogens is 1. The van der Waals surface area contributed by atoms with Gasteiger partial charge in [-0.1, -0.05) is 23.7 Å². The number of hydrogen-bond acceptors (Lipinski definition) is 5. The minimum absolute atomic E-state index is 0.207. The van der Waals surface area contributed by atoms with Gasteiger partial charge in [-0.05, 0) is 36.8 Å². The first-order valence-corrected chi connectivity index (χ1v) is 7.95. The Morgan fingerprint density at radius 2 is 1.96 bits per heavy atom. The number of carbonyl (C=O) groups excluding carboxylic acids is 1. The normalized spacial score (nSPS) is 10.5. The lowest BCUT2D eigenvalue weighted by Gasteiger charge is -2.07. The number of methoxy groups -OCH3 is 1. The molecule has 1 amide bonds. The summed E-state index contributed by atoms with van der Waals surface area (Å²) in [5.41, 5.74) is 0.861. The number of hydrogen-bond donors (Lipinski definition) is 1. The predicted octanol–water partition coefficient (Wildman–Crippen LogP) is 3.89. The van der Waals surface area contributed by atoms with E-state index in [0.717, 1.165) is 17.1 Å². The number of ether oxygens (including phenoxy) is 1. The molecule has 1 aromatic carbocycles. The molecule has 0 atom stereocenters. The molecule has 6 nitrogen and oxygen atoms in total. The Morgan fingerprint density at radius 3 is 2.60 bits per heavy atom. The summed E-state index contributed by atoms with van der Waals surface area (Å²) in [6.07, 6.45) is 0.209. The van der Waals surface area contributed by atoms with Crippen molar-refractivity contribution in [2.75, 3.05) is 12.4 Å². The molecule has 0 radical (unpaired) electrons. The molecule has 0 aliphatic heterocycles. The molecule has 0 saturated heterocycles. The number of amides is 1. The van der Waals surface area contributed by atoms with E-state index < -0.39 is 0 Å². The second kappa shape index (κ2) is 7.36. The molecule has 2 heterocycles. The van der Waals surface area contributed by atoms with E-state index >= 15 is 0 Å². The molecule has 3 rings (SSSR count). The smallest absolute Gasteiger partial charge is 0.229 e. The lowest BCUT2D eigenvalue weighted by molar-refractivity contribution is -0.115. The van der Waals surface area contributed by atoms with Crippen LogP contribution in [0.4, 0.5) is 5.82 Å². The first-order chi connectivity index (χ1) is 12.0. The molecule has 128 valence electrons. The summed E-state index contributed by atoms with van der Waals surface area (Å²) < 4.78 is 10.6. The molecule has 0 aliphatic carbocycles. The number of rotatable bonds is 5. The zero-order valence-electron chi connectivity index (χ0n) is 13.7. The Kier molecular flexibility index (Phi) is 5.00. The Hall–Kier alpha value is -2.86. The third-order valence-electron chi connectivity index (χ3n) is 3.45. The molecule has 0 unspecified atom stereocenters. The first-order valence-electron chi connectivity index (χ1n) is 7.57. The van der Waals surface area contributed by atoms with Crippen LogP contribution in [0.25, 0.3) is 11.6 Å². The molecule has 0 aliphatic rings. The summed E-state index contributed by atoms with van der Waals surface area (Å²) in [4.78, 5) is 20.6. The summed E-state index contributed by atoms with van der Waals surface area (Å²) in [6, 6.07) is 12.3. The van der Waals surface area contributed by atoms with Gasteiger partial charge in [-0.2, -0.15) is 0 Å². The van der Waals surface area contributed by atoms with Gasteiger partial charge in [0, 0.05) is 6.07 Å². The summed E-state index contributed by atoms with van der Waals surface area (Å²) in [6.45, 7) is 1.82. The van der Waals surface area contributed by atoms with Crippen LogP contribution in [-0.4, -0.2) is 23.0 Å². The van der Waals surface area contributed by atoms with Crippen LogP contribution in [0.3, 0.4) is 0 Å². The van der Waals surface area contributed by atoms with E-state index in [-0.39, 0.29) is 17.5 Å². The van der Waals surface area contributed by atoms with E-state index in [4.69, 9.17) is 20.8 Å². The number of carbonyl (C=O) groups is 1. The fraction of sp³-hybridized carbons (Fsp3) is 0.167. The molecule has 0 fully saturated rings. The monoisotopic (exact) mass is 357 g/mol. The van der Waals surface area contributed by atoms with Gasteiger partial charge in [0.15, 0.2) is 11.6 Å². The van der Waals surface area contributed by atoms with Gasteiger partial charge in [0.1, 0.15) is 22.5 Å². The van der Waals surface area contributed by atoms with Crippen molar-refractivity contribution in [3.05, 3.63) is 58.9 Å². The van der Waals surface area contributed by atoms with Gasteiger partial charge in [-0.3, -0.25) is 4.79 Å². The highest BCUT2D eigenvalue weighted by molar-refractivity contribution is 6.29. The maximum atomic E-state index is 12.2. The molecular weight excluding hydrogens is 342 g/mol. The van der Waals surface area contributed by atoms with Gasteiger partial charge < -0.3 is 14.5 Å². The second-order valence-electron chi connectivity index (χ2n) is 5.38. The van der Waals surface area contributed by atoms with Gasteiger partial charge >= 0.3 is 0 Å². The van der Waals surface area contributed by atoms with Crippen LogP contribution in [-0.2, 0) is 11.2 Å². The Bertz CT molecular complexity index is 891. The van der Waals surface area contributed by atoms with Crippen molar-refractivity contribution in [2.24, 2.45) is 0 Å². The number of furan rings is 1.